The molecular formula is C24H15FN6O4S. The number of rotatable bonds is 6. The minimum Gasteiger partial charge on any atom is -0.456 e. The summed E-state index contributed by atoms with van der Waals surface area (Å²) in [7, 11) is -3.47. The van der Waals surface area contributed by atoms with Crippen molar-refractivity contribution in [1.29, 1.82) is 5.26 Å². The van der Waals surface area contributed by atoms with Gasteiger partial charge < -0.3 is 14.5 Å². The Morgan fingerprint density at radius 2 is 1.89 bits per heavy atom. The van der Waals surface area contributed by atoms with Gasteiger partial charge in [-0.25, -0.2) is 27.8 Å². The first kappa shape index (κ1) is 22.9. The minimum absolute atomic E-state index is 0.000259. The van der Waals surface area contributed by atoms with Crippen LogP contribution in [-0.4, -0.2) is 39.6 Å². The van der Waals surface area contributed by atoms with Gasteiger partial charge in [-0.15, -0.1) is 0 Å². The Morgan fingerprint density at radius 1 is 1.03 bits per heavy atom. The van der Waals surface area contributed by atoms with Gasteiger partial charge in [-0.1, -0.05) is 6.07 Å². The molecule has 0 aliphatic rings. The van der Waals surface area contributed by atoms with E-state index in [2.05, 4.69) is 24.9 Å². The van der Waals surface area contributed by atoms with Crippen molar-refractivity contribution in [3.8, 4) is 40.6 Å². The fraction of sp³-hybridized carbons (Fsp3) is 0.0417. The number of sulfone groups is 1. The maximum Gasteiger partial charge on any atom is 0.192 e. The first-order chi connectivity index (χ1) is 17.3. The van der Waals surface area contributed by atoms with Gasteiger partial charge in [-0.3, -0.25) is 4.98 Å². The van der Waals surface area contributed by atoms with Gasteiger partial charge >= 0.3 is 0 Å². The molecule has 3 heterocycles. The van der Waals surface area contributed by atoms with Crippen molar-refractivity contribution >= 4 is 20.9 Å². The number of nitriles is 1. The largest absolute Gasteiger partial charge is 0.456 e. The monoisotopic (exact) mass is 502 g/mol. The summed E-state index contributed by atoms with van der Waals surface area (Å²) in [6, 6.07) is 11.8. The lowest BCUT2D eigenvalue weighted by molar-refractivity contribution is 0.436. The molecule has 1 N–H and O–H groups in total. The topological polar surface area (TPSA) is 144 Å². The molecule has 178 valence electrons. The van der Waals surface area contributed by atoms with Crippen LogP contribution in [0.2, 0.25) is 0 Å². The Bertz CT molecular complexity index is 1730. The van der Waals surface area contributed by atoms with Crippen LogP contribution in [0, 0.1) is 17.1 Å². The number of para-hydroxylation sites is 1. The van der Waals surface area contributed by atoms with Gasteiger partial charge in [-0.2, -0.15) is 5.26 Å². The summed E-state index contributed by atoms with van der Waals surface area (Å²) in [6.45, 7) is 0. The lowest BCUT2D eigenvalue weighted by Crippen LogP contribution is -2.00. The molecule has 0 atom stereocenters. The molecule has 10 nitrogen and oxygen atoms in total. The van der Waals surface area contributed by atoms with Crippen LogP contribution in [0.1, 0.15) is 5.56 Å². The third-order valence-corrected chi connectivity index (χ3v) is 5.96. The van der Waals surface area contributed by atoms with Gasteiger partial charge in [0, 0.05) is 30.8 Å². The van der Waals surface area contributed by atoms with Gasteiger partial charge in [0.15, 0.2) is 38.0 Å². The van der Waals surface area contributed by atoms with Crippen LogP contribution in [0.5, 0.6) is 23.0 Å². The maximum absolute atomic E-state index is 14.6. The van der Waals surface area contributed by atoms with E-state index in [4.69, 9.17) is 9.47 Å². The lowest BCUT2D eigenvalue weighted by atomic mass is 10.2. The van der Waals surface area contributed by atoms with Gasteiger partial charge in [0.1, 0.15) is 28.8 Å². The van der Waals surface area contributed by atoms with Crippen molar-refractivity contribution in [3.63, 3.8) is 0 Å². The molecule has 0 fully saturated rings. The molecule has 0 saturated heterocycles. The zero-order valence-electron chi connectivity index (χ0n) is 18.5. The number of ether oxygens (including phenoxy) is 2. The molecule has 5 rings (SSSR count). The highest BCUT2D eigenvalue weighted by Gasteiger charge is 2.18. The van der Waals surface area contributed by atoms with E-state index in [1.807, 2.05) is 6.07 Å². The van der Waals surface area contributed by atoms with Gasteiger partial charge in [0.2, 0.25) is 0 Å². The number of benzene rings is 2. The van der Waals surface area contributed by atoms with Crippen molar-refractivity contribution < 1.29 is 22.3 Å². The Hall–Kier alpha value is -4.89. The zero-order valence-corrected chi connectivity index (χ0v) is 19.3. The molecule has 2 aromatic carbocycles. The number of halogens is 1. The fourth-order valence-corrected chi connectivity index (χ4v) is 3.89. The Morgan fingerprint density at radius 3 is 2.58 bits per heavy atom. The summed E-state index contributed by atoms with van der Waals surface area (Å²) >= 11 is 0. The van der Waals surface area contributed by atoms with Crippen molar-refractivity contribution in [2.75, 3.05) is 6.26 Å². The van der Waals surface area contributed by atoms with Crippen LogP contribution in [-0.2, 0) is 9.84 Å². The number of H-pyrrole nitrogens is 1. The molecule has 0 radical (unpaired) electrons. The zero-order chi connectivity index (χ0) is 25.3. The highest BCUT2D eigenvalue weighted by atomic mass is 32.2. The third-order valence-electron chi connectivity index (χ3n) is 4.96. The lowest BCUT2D eigenvalue weighted by Gasteiger charge is -2.11. The minimum atomic E-state index is -3.47. The van der Waals surface area contributed by atoms with E-state index in [1.165, 1.54) is 61.2 Å². The first-order valence-electron chi connectivity index (χ1n) is 10.3. The average Bonchev–Trinajstić information content (AvgIpc) is 3.30. The van der Waals surface area contributed by atoms with E-state index in [9.17, 15) is 18.1 Å². The van der Waals surface area contributed by atoms with Crippen LogP contribution in [0.3, 0.4) is 0 Å². The summed E-state index contributed by atoms with van der Waals surface area (Å²) in [6.07, 6.45) is 6.88. The predicted molar refractivity (Wildman–Crippen MR) is 126 cm³/mol. The van der Waals surface area contributed by atoms with Crippen LogP contribution in [0.4, 0.5) is 4.39 Å². The normalized spacial score (nSPS) is 11.2. The smallest absolute Gasteiger partial charge is 0.192 e. The van der Waals surface area contributed by atoms with Crippen molar-refractivity contribution in [2.45, 2.75) is 5.03 Å². The molecular weight excluding hydrogens is 487 g/mol. The van der Waals surface area contributed by atoms with E-state index >= 15 is 0 Å². The first-order valence-corrected chi connectivity index (χ1v) is 12.2. The predicted octanol–water partition coefficient (Wildman–Crippen LogP) is 4.41. The van der Waals surface area contributed by atoms with Crippen LogP contribution < -0.4 is 9.47 Å². The van der Waals surface area contributed by atoms with E-state index in [0.29, 0.717) is 22.6 Å². The number of pyridine rings is 1. The number of hydrogen-bond acceptors (Lipinski definition) is 9. The van der Waals surface area contributed by atoms with Crippen molar-refractivity contribution in [2.24, 2.45) is 0 Å². The highest BCUT2D eigenvalue weighted by Crippen LogP contribution is 2.37. The van der Waals surface area contributed by atoms with E-state index < -0.39 is 15.7 Å². The Kier molecular flexibility index (Phi) is 5.75. The molecule has 36 heavy (non-hydrogen) atoms. The Balaban J connectivity index is 1.60. The maximum atomic E-state index is 14.6. The number of nitrogens with one attached hydrogen (secondary N) is 1. The van der Waals surface area contributed by atoms with Gasteiger partial charge in [0.25, 0.3) is 0 Å². The van der Waals surface area contributed by atoms with E-state index in [0.717, 1.165) is 6.26 Å². The highest BCUT2D eigenvalue weighted by molar-refractivity contribution is 7.90. The molecule has 0 aliphatic heterocycles. The molecule has 0 amide bonds. The number of hydrogen-bond donors (Lipinski definition) is 1. The number of imidazole rings is 1. The Labute approximate surface area is 204 Å². The molecule has 0 unspecified atom stereocenters. The summed E-state index contributed by atoms with van der Waals surface area (Å²) in [5, 5.41) is 9.31. The molecule has 0 saturated carbocycles. The number of aromatic amines is 1. The number of nitrogens with zero attached hydrogens (tertiary/aromatic N) is 5. The van der Waals surface area contributed by atoms with Crippen molar-refractivity contribution in [3.05, 3.63) is 78.6 Å². The standard InChI is InChI=1S/C24H15FN6O4S/c1-36(32,33)21-6-5-15(12-29-21)34-16-9-18-22(31-24(30-18)19-13-27-7-8-28-19)20(10-16)35-23-14(11-26)3-2-4-17(23)25/h2-10,12-13H,1H3,(H,30,31). The molecule has 0 spiro atoms. The van der Waals surface area contributed by atoms with Crippen LogP contribution in [0.25, 0.3) is 22.6 Å². The van der Waals surface area contributed by atoms with E-state index in [-0.39, 0.29) is 33.6 Å². The summed E-state index contributed by atoms with van der Waals surface area (Å²) in [4.78, 5) is 19.8. The third kappa shape index (κ3) is 4.55. The average molecular weight is 502 g/mol. The number of fused-ring (bicyclic) bond motifs is 1. The van der Waals surface area contributed by atoms with E-state index in [1.54, 1.807) is 6.07 Å². The second-order valence-corrected chi connectivity index (χ2v) is 9.49. The van der Waals surface area contributed by atoms with Gasteiger partial charge in [0.05, 0.1) is 23.5 Å². The second kappa shape index (κ2) is 9.05. The quantitative estimate of drug-likeness (QED) is 0.357. The van der Waals surface area contributed by atoms with Crippen LogP contribution in [0.15, 0.2) is 72.3 Å². The van der Waals surface area contributed by atoms with Crippen molar-refractivity contribution in [1.82, 2.24) is 24.9 Å². The number of aromatic nitrogens is 5. The second-order valence-electron chi connectivity index (χ2n) is 7.53. The molecule has 5 aromatic rings. The van der Waals surface area contributed by atoms with Crippen LogP contribution >= 0.6 is 0 Å². The molecule has 0 bridgehead atoms. The molecule has 3 aromatic heterocycles. The molecule has 0 aliphatic carbocycles. The summed E-state index contributed by atoms with van der Waals surface area (Å²) in [5.74, 6) is 0.0190. The summed E-state index contributed by atoms with van der Waals surface area (Å²) in [5.41, 5.74) is 1.27. The van der Waals surface area contributed by atoms with Gasteiger partial charge in [-0.05, 0) is 24.3 Å². The molecule has 12 heteroatoms. The SMILES string of the molecule is CS(=O)(=O)c1ccc(Oc2cc(Oc3c(F)cccc3C#N)c3nc(-c4cnccn4)[nH]c3c2)cn1. The fourth-order valence-electron chi connectivity index (χ4n) is 3.33. The summed E-state index contributed by atoms with van der Waals surface area (Å²) < 4.78 is 49.6.